The third-order valence-corrected chi connectivity index (χ3v) is 6.74. The number of nitrogens with one attached hydrogen (secondary N) is 1. The Balaban J connectivity index is 1.45. The Morgan fingerprint density at radius 2 is 1.70 bits per heavy atom. The minimum Gasteiger partial charge on any atom is -0.460 e. The number of hydrogen-bond acceptors (Lipinski definition) is 5. The van der Waals surface area contributed by atoms with Crippen LogP contribution in [-0.4, -0.2) is 39.1 Å². The number of ether oxygens (including phenoxy) is 1. The molecule has 0 spiro atoms. The Bertz CT molecular complexity index is 1290. The molecule has 194 valence electrons. The van der Waals surface area contributed by atoms with E-state index in [9.17, 15) is 26.7 Å². The second kappa shape index (κ2) is 10.0. The van der Waals surface area contributed by atoms with Crippen LogP contribution in [0.4, 0.5) is 27.6 Å². The molecule has 2 aliphatic carbocycles. The van der Waals surface area contributed by atoms with Crippen molar-refractivity contribution in [3.63, 3.8) is 0 Å². The molecule has 0 radical (unpaired) electrons. The summed E-state index contributed by atoms with van der Waals surface area (Å²) in [6.07, 6.45) is 2.66. The van der Waals surface area contributed by atoms with Crippen molar-refractivity contribution in [1.29, 1.82) is 0 Å². The first-order valence-corrected chi connectivity index (χ1v) is 11.9. The fourth-order valence-electron chi connectivity index (χ4n) is 4.59. The van der Waals surface area contributed by atoms with Gasteiger partial charge in [-0.25, -0.2) is 31.9 Å². The van der Waals surface area contributed by atoms with Gasteiger partial charge in [0.15, 0.2) is 0 Å². The lowest BCUT2D eigenvalue weighted by Crippen LogP contribution is -2.35. The molecule has 0 atom stereocenters. The van der Waals surface area contributed by atoms with Crippen LogP contribution >= 0.6 is 0 Å². The number of amides is 1. The molecule has 2 heterocycles. The van der Waals surface area contributed by atoms with Crippen molar-refractivity contribution < 1.29 is 31.5 Å². The molecule has 3 aromatic rings. The van der Waals surface area contributed by atoms with Gasteiger partial charge in [-0.1, -0.05) is 0 Å². The zero-order valence-corrected chi connectivity index (χ0v) is 19.6. The largest absolute Gasteiger partial charge is 0.460 e. The molecule has 0 unspecified atom stereocenters. The van der Waals surface area contributed by atoms with E-state index in [1.54, 1.807) is 0 Å². The Morgan fingerprint density at radius 1 is 1.00 bits per heavy atom. The third-order valence-electron chi connectivity index (χ3n) is 6.74. The van der Waals surface area contributed by atoms with Crippen molar-refractivity contribution in [3.05, 3.63) is 65.7 Å². The van der Waals surface area contributed by atoms with Crippen LogP contribution in [0, 0.1) is 11.6 Å². The molecule has 2 aromatic heterocycles. The molecule has 2 saturated carbocycles. The van der Waals surface area contributed by atoms with E-state index in [4.69, 9.17) is 4.74 Å². The maximum atomic E-state index is 14.7. The van der Waals surface area contributed by atoms with E-state index in [0.29, 0.717) is 5.69 Å². The molecule has 11 heteroatoms. The third kappa shape index (κ3) is 5.55. The summed E-state index contributed by atoms with van der Waals surface area (Å²) in [5.41, 5.74) is 0.527. The van der Waals surface area contributed by atoms with Crippen LogP contribution < -0.4 is 10.1 Å². The summed E-state index contributed by atoms with van der Waals surface area (Å²) < 4.78 is 74.8. The quantitative estimate of drug-likeness (QED) is 0.391. The molecule has 0 saturated heterocycles. The standard InChI is InChI=1S/C26H23F5N4O2/c27-16-1-2-21(29)20(11-16)19-5-8-32-22(14-3-6-26(30,31)7-4-14)23(19)35-24(36)15-12-33-25(34-13-15)37-18-9-17(28)10-18/h1-2,5,8,11-14,17-18H,3-4,6-7,9-10H2,(H,35,36)/t17-,18-. The number of aromatic nitrogens is 3. The number of hydrogen-bond donors (Lipinski definition) is 1. The summed E-state index contributed by atoms with van der Waals surface area (Å²) in [6.45, 7) is 0. The molecule has 37 heavy (non-hydrogen) atoms. The second-order valence-electron chi connectivity index (χ2n) is 9.39. The molecule has 0 bridgehead atoms. The van der Waals surface area contributed by atoms with Crippen LogP contribution in [-0.2, 0) is 0 Å². The van der Waals surface area contributed by atoms with Crippen LogP contribution in [0.3, 0.4) is 0 Å². The number of anilines is 1. The van der Waals surface area contributed by atoms with Gasteiger partial charge in [0.25, 0.3) is 5.91 Å². The van der Waals surface area contributed by atoms with Crippen LogP contribution in [0.2, 0.25) is 0 Å². The summed E-state index contributed by atoms with van der Waals surface area (Å²) in [5.74, 6) is -5.26. The fraction of sp³-hybridized carbons (Fsp3) is 0.385. The van der Waals surface area contributed by atoms with Gasteiger partial charge in [-0.2, -0.15) is 0 Å². The molecular formula is C26H23F5N4O2. The average molecular weight is 518 g/mol. The first-order valence-electron chi connectivity index (χ1n) is 11.9. The first kappa shape index (κ1) is 25.0. The molecule has 0 aliphatic heterocycles. The number of nitrogens with zero attached hydrogens (tertiary/aromatic N) is 3. The highest BCUT2D eigenvalue weighted by atomic mass is 19.3. The SMILES string of the molecule is O=C(Nc1c(-c2cc(F)ccc2F)ccnc1C1CCC(F)(F)CC1)c1cnc(O[C@H]2C[C@H](F)C2)nc1. The molecule has 1 N–H and O–H groups in total. The van der Waals surface area contributed by atoms with Crippen LogP contribution in [0.25, 0.3) is 11.1 Å². The second-order valence-corrected chi connectivity index (χ2v) is 9.39. The van der Waals surface area contributed by atoms with Gasteiger partial charge in [0.2, 0.25) is 5.92 Å². The number of pyridine rings is 1. The van der Waals surface area contributed by atoms with Crippen molar-refractivity contribution in [2.24, 2.45) is 0 Å². The number of carbonyl (C=O) groups is 1. The zero-order valence-electron chi connectivity index (χ0n) is 19.6. The topological polar surface area (TPSA) is 77.0 Å². The Labute approximate surface area is 209 Å². The van der Waals surface area contributed by atoms with E-state index < -0.39 is 35.6 Å². The van der Waals surface area contributed by atoms with E-state index in [1.807, 2.05) is 0 Å². The van der Waals surface area contributed by atoms with E-state index in [2.05, 4.69) is 20.3 Å². The Hall–Kier alpha value is -3.63. The molecule has 5 rings (SSSR count). The Morgan fingerprint density at radius 3 is 2.38 bits per heavy atom. The summed E-state index contributed by atoms with van der Waals surface area (Å²) in [4.78, 5) is 25.5. The van der Waals surface area contributed by atoms with Gasteiger partial charge in [0.1, 0.15) is 23.9 Å². The number of rotatable bonds is 6. The van der Waals surface area contributed by atoms with Gasteiger partial charge in [0, 0.05) is 61.3 Å². The number of alkyl halides is 3. The van der Waals surface area contributed by atoms with Gasteiger partial charge in [-0.15, -0.1) is 0 Å². The Kier molecular flexibility index (Phi) is 6.78. The van der Waals surface area contributed by atoms with Gasteiger partial charge < -0.3 is 10.1 Å². The minimum absolute atomic E-state index is 0.00108. The van der Waals surface area contributed by atoms with Crippen molar-refractivity contribution >= 4 is 11.6 Å². The minimum atomic E-state index is -2.78. The summed E-state index contributed by atoms with van der Waals surface area (Å²) in [7, 11) is 0. The van der Waals surface area contributed by atoms with Crippen molar-refractivity contribution in [2.75, 3.05) is 5.32 Å². The lowest BCUT2D eigenvalue weighted by molar-refractivity contribution is -0.0384. The normalized spacial score (nSPS) is 21.2. The summed E-state index contributed by atoms with van der Waals surface area (Å²) in [5, 5.41) is 2.70. The predicted molar refractivity (Wildman–Crippen MR) is 124 cm³/mol. The lowest BCUT2D eigenvalue weighted by Gasteiger charge is -2.29. The van der Waals surface area contributed by atoms with Crippen molar-refractivity contribution in [3.8, 4) is 17.1 Å². The maximum Gasteiger partial charge on any atom is 0.316 e. The predicted octanol–water partition coefficient (Wildman–Crippen LogP) is 6.24. The van der Waals surface area contributed by atoms with Crippen molar-refractivity contribution in [1.82, 2.24) is 15.0 Å². The smallest absolute Gasteiger partial charge is 0.316 e. The number of carbonyl (C=O) groups excluding carboxylic acids is 1. The molecule has 2 fully saturated rings. The number of halogens is 5. The highest BCUT2D eigenvalue weighted by molar-refractivity contribution is 6.06. The highest BCUT2D eigenvalue weighted by Crippen LogP contribution is 2.44. The highest BCUT2D eigenvalue weighted by Gasteiger charge is 2.37. The van der Waals surface area contributed by atoms with Gasteiger partial charge in [-0.3, -0.25) is 9.78 Å². The summed E-state index contributed by atoms with van der Waals surface area (Å²) >= 11 is 0. The van der Waals surface area contributed by atoms with E-state index in [1.165, 1.54) is 24.7 Å². The van der Waals surface area contributed by atoms with Gasteiger partial charge in [0.05, 0.1) is 16.9 Å². The van der Waals surface area contributed by atoms with Gasteiger partial charge >= 0.3 is 6.01 Å². The van der Waals surface area contributed by atoms with Crippen LogP contribution in [0.5, 0.6) is 6.01 Å². The first-order chi connectivity index (χ1) is 17.7. The average Bonchev–Trinajstić information content (AvgIpc) is 2.85. The molecule has 2 aliphatic rings. The zero-order chi connectivity index (χ0) is 26.2. The lowest BCUT2D eigenvalue weighted by atomic mass is 9.83. The maximum absolute atomic E-state index is 14.7. The molecule has 1 aromatic carbocycles. The van der Waals surface area contributed by atoms with E-state index in [-0.39, 0.29) is 73.0 Å². The van der Waals surface area contributed by atoms with Gasteiger partial charge in [-0.05, 0) is 37.1 Å². The van der Waals surface area contributed by atoms with Crippen molar-refractivity contribution in [2.45, 2.75) is 62.6 Å². The van der Waals surface area contributed by atoms with E-state index in [0.717, 1.165) is 18.2 Å². The van der Waals surface area contributed by atoms with Crippen LogP contribution in [0.1, 0.15) is 60.5 Å². The monoisotopic (exact) mass is 518 g/mol. The fourth-order valence-corrected chi connectivity index (χ4v) is 4.59. The number of benzene rings is 1. The van der Waals surface area contributed by atoms with E-state index >= 15 is 0 Å². The molecular weight excluding hydrogens is 495 g/mol. The summed E-state index contributed by atoms with van der Waals surface area (Å²) in [6, 6.07) is 4.37. The molecule has 6 nitrogen and oxygen atoms in total. The van der Waals surface area contributed by atoms with Crippen LogP contribution in [0.15, 0.2) is 42.9 Å². The molecule has 1 amide bonds.